The van der Waals surface area contributed by atoms with Gasteiger partial charge in [-0.3, -0.25) is 0 Å². The molecule has 0 N–H and O–H groups in total. The van der Waals surface area contributed by atoms with Gasteiger partial charge in [-0.2, -0.15) is 13.2 Å². The van der Waals surface area contributed by atoms with Gasteiger partial charge < -0.3 is 0 Å². The Balaban J connectivity index is -0.000000109. The molecular formula is C6H7ClF4. The van der Waals surface area contributed by atoms with Gasteiger partial charge >= 0.3 is 6.08 Å². The van der Waals surface area contributed by atoms with Gasteiger partial charge in [-0.05, 0) is 11.6 Å². The van der Waals surface area contributed by atoms with E-state index >= 15 is 0 Å². The topological polar surface area (TPSA) is 0 Å². The van der Waals surface area contributed by atoms with Gasteiger partial charge in [0.25, 0.3) is 5.29 Å². The monoisotopic (exact) mass is 190 g/mol. The summed E-state index contributed by atoms with van der Waals surface area (Å²) in [5, 5.41) is -1.94. The Bertz CT molecular complexity index is 104. The Kier molecular flexibility index (Phi) is 24.4. The Labute approximate surface area is 67.5 Å². The van der Waals surface area contributed by atoms with Crippen molar-refractivity contribution >= 4 is 11.6 Å². The summed E-state index contributed by atoms with van der Waals surface area (Å²) < 4.78 is 41.8. The number of hydrogen-bond acceptors (Lipinski definition) is 0. The molecule has 0 radical (unpaired) electrons. The van der Waals surface area contributed by atoms with Gasteiger partial charge in [-0.1, -0.05) is 6.58 Å². The molecule has 0 saturated carbocycles. The minimum absolute atomic E-state index is 0.250. The quantitative estimate of drug-likeness (QED) is 0.397. The molecular weight excluding hydrogens is 184 g/mol. The van der Waals surface area contributed by atoms with Crippen molar-refractivity contribution in [2.75, 3.05) is 0 Å². The van der Waals surface area contributed by atoms with E-state index in [0.717, 1.165) is 0 Å². The molecule has 0 spiro atoms. The van der Waals surface area contributed by atoms with Crippen LogP contribution in [0.5, 0.6) is 0 Å². The molecule has 0 amide bonds. The molecule has 0 aliphatic rings. The summed E-state index contributed by atoms with van der Waals surface area (Å²) in [6, 6.07) is 0. The van der Waals surface area contributed by atoms with E-state index in [-0.39, 0.29) is 6.33 Å². The second-order valence-corrected chi connectivity index (χ2v) is 1.01. The van der Waals surface area contributed by atoms with E-state index in [2.05, 4.69) is 31.3 Å². The SMILES string of the molecule is C=C.C=CF.FC(F)=C(F)Cl. The Morgan fingerprint density at radius 3 is 1.27 bits per heavy atom. The molecule has 0 unspecified atom stereocenters. The van der Waals surface area contributed by atoms with Crippen molar-refractivity contribution in [1.82, 2.24) is 0 Å². The molecule has 0 heterocycles. The smallest absolute Gasteiger partial charge is 0.216 e. The first kappa shape index (κ1) is 16.7. The van der Waals surface area contributed by atoms with Crippen LogP contribution in [0.2, 0.25) is 0 Å². The molecule has 0 saturated heterocycles. The van der Waals surface area contributed by atoms with Gasteiger partial charge in [-0.25, -0.2) is 4.39 Å². The molecule has 11 heavy (non-hydrogen) atoms. The first-order valence-corrected chi connectivity index (χ1v) is 2.51. The predicted molar refractivity (Wildman–Crippen MR) is 38.8 cm³/mol. The third kappa shape index (κ3) is 46.2. The summed E-state index contributed by atoms with van der Waals surface area (Å²) in [4.78, 5) is 0. The first-order valence-electron chi connectivity index (χ1n) is 2.13. The lowest BCUT2D eigenvalue weighted by atomic mass is 11.1. The van der Waals surface area contributed by atoms with Crippen molar-refractivity contribution < 1.29 is 17.6 Å². The van der Waals surface area contributed by atoms with Crippen molar-refractivity contribution in [3.05, 3.63) is 37.4 Å². The zero-order valence-electron chi connectivity index (χ0n) is 5.59. The summed E-state index contributed by atoms with van der Waals surface area (Å²) in [6.45, 7) is 8.69. The molecule has 0 aromatic rings. The zero-order valence-corrected chi connectivity index (χ0v) is 6.34. The van der Waals surface area contributed by atoms with Gasteiger partial charge in [0.2, 0.25) is 0 Å². The summed E-state index contributed by atoms with van der Waals surface area (Å²) in [6.07, 6.45) is -2.23. The fourth-order valence-corrected chi connectivity index (χ4v) is 0. The van der Waals surface area contributed by atoms with Crippen LogP contribution in [-0.2, 0) is 0 Å². The van der Waals surface area contributed by atoms with Gasteiger partial charge in [0.15, 0.2) is 0 Å². The number of rotatable bonds is 0. The fraction of sp³-hybridized carbons (Fsp3) is 0. The average Bonchev–Trinajstić information content (AvgIpc) is 1.93. The highest BCUT2D eigenvalue weighted by Crippen LogP contribution is 2.11. The van der Waals surface area contributed by atoms with Crippen LogP contribution in [0.15, 0.2) is 37.4 Å². The molecule has 66 valence electrons. The van der Waals surface area contributed by atoms with E-state index in [1.807, 2.05) is 0 Å². The predicted octanol–water partition coefficient (Wildman–Crippen LogP) is 4.16. The molecule has 0 rings (SSSR count). The Hall–Kier alpha value is -0.770. The fourth-order valence-electron chi connectivity index (χ4n) is 0. The van der Waals surface area contributed by atoms with E-state index in [0.29, 0.717) is 0 Å². The Morgan fingerprint density at radius 1 is 1.18 bits per heavy atom. The normalized spacial score (nSPS) is 5.91. The van der Waals surface area contributed by atoms with Crippen LogP contribution in [0, 0.1) is 0 Å². The van der Waals surface area contributed by atoms with Gasteiger partial charge in [0, 0.05) is 0 Å². The summed E-state index contributed by atoms with van der Waals surface area (Å²) in [5.41, 5.74) is 0. The molecule has 0 aliphatic heterocycles. The maximum atomic E-state index is 10.7. The number of hydrogen-bond donors (Lipinski definition) is 0. The summed E-state index contributed by atoms with van der Waals surface area (Å²) in [5.74, 6) is 0. The molecule has 0 nitrogen and oxygen atoms in total. The summed E-state index contributed by atoms with van der Waals surface area (Å²) in [7, 11) is 0. The third-order valence-corrected chi connectivity index (χ3v) is 0.286. The second-order valence-electron chi connectivity index (χ2n) is 0.675. The molecule has 0 atom stereocenters. The zero-order chi connectivity index (χ0) is 9.86. The van der Waals surface area contributed by atoms with Crippen molar-refractivity contribution in [3.63, 3.8) is 0 Å². The maximum Gasteiger partial charge on any atom is 0.317 e. The first-order chi connectivity index (χ1) is 5.06. The summed E-state index contributed by atoms with van der Waals surface area (Å²) >= 11 is 4.08. The number of halogens is 5. The van der Waals surface area contributed by atoms with Crippen LogP contribution < -0.4 is 0 Å². The molecule has 0 fully saturated rings. The molecule has 0 aromatic heterocycles. The average molecular weight is 191 g/mol. The van der Waals surface area contributed by atoms with E-state index in [4.69, 9.17) is 0 Å². The van der Waals surface area contributed by atoms with E-state index in [1.54, 1.807) is 0 Å². The molecule has 0 aromatic carbocycles. The van der Waals surface area contributed by atoms with Crippen LogP contribution in [0.1, 0.15) is 0 Å². The van der Waals surface area contributed by atoms with Crippen LogP contribution in [0.4, 0.5) is 17.6 Å². The molecule has 0 aliphatic carbocycles. The highest BCUT2D eigenvalue weighted by Gasteiger charge is 1.95. The minimum Gasteiger partial charge on any atom is -0.216 e. The third-order valence-electron chi connectivity index (χ3n) is 0.143. The van der Waals surface area contributed by atoms with Crippen molar-refractivity contribution in [1.29, 1.82) is 0 Å². The molecule has 0 bridgehead atoms. The van der Waals surface area contributed by atoms with Crippen LogP contribution in [-0.4, -0.2) is 0 Å². The van der Waals surface area contributed by atoms with Gasteiger partial charge in [-0.15, -0.1) is 13.2 Å². The van der Waals surface area contributed by atoms with Crippen molar-refractivity contribution in [2.45, 2.75) is 0 Å². The minimum atomic E-state index is -2.48. The maximum absolute atomic E-state index is 10.7. The van der Waals surface area contributed by atoms with Gasteiger partial charge in [0.05, 0.1) is 6.33 Å². The molecule has 5 heteroatoms. The van der Waals surface area contributed by atoms with Crippen LogP contribution in [0.25, 0.3) is 0 Å². The lowest BCUT2D eigenvalue weighted by Gasteiger charge is -1.70. The van der Waals surface area contributed by atoms with Crippen LogP contribution >= 0.6 is 11.6 Å². The highest BCUT2D eigenvalue weighted by molar-refractivity contribution is 6.28. The van der Waals surface area contributed by atoms with Gasteiger partial charge in [0.1, 0.15) is 0 Å². The lowest BCUT2D eigenvalue weighted by Crippen LogP contribution is -1.54. The van der Waals surface area contributed by atoms with Crippen LogP contribution in [0.3, 0.4) is 0 Å². The van der Waals surface area contributed by atoms with E-state index in [9.17, 15) is 17.6 Å². The lowest BCUT2D eigenvalue weighted by molar-refractivity contribution is 0.393. The van der Waals surface area contributed by atoms with Crippen molar-refractivity contribution in [3.8, 4) is 0 Å². The van der Waals surface area contributed by atoms with E-state index in [1.165, 1.54) is 0 Å². The van der Waals surface area contributed by atoms with E-state index < -0.39 is 11.4 Å². The largest absolute Gasteiger partial charge is 0.317 e. The van der Waals surface area contributed by atoms with Crippen molar-refractivity contribution in [2.24, 2.45) is 0 Å². The standard InChI is InChI=1S/C2ClF3.C2H3F.C2H4/c3-1(4)2(5)6;1-2-3;1-2/h;2H,1H2;1-2H2. The highest BCUT2D eigenvalue weighted by atomic mass is 35.5. The second kappa shape index (κ2) is 16.1. The Morgan fingerprint density at radius 2 is 1.27 bits per heavy atom.